The Morgan fingerprint density at radius 3 is 2.46 bits per heavy atom. The Balaban J connectivity index is 1.34. The lowest BCUT2D eigenvalue weighted by atomic mass is 10.0. The lowest BCUT2D eigenvalue weighted by Crippen LogP contribution is -2.51. The second-order valence-electron chi connectivity index (χ2n) is 7.73. The van der Waals surface area contributed by atoms with E-state index in [0.717, 1.165) is 31.0 Å². The van der Waals surface area contributed by atoms with E-state index in [1.807, 2.05) is 19.9 Å². The van der Waals surface area contributed by atoms with Crippen LogP contribution in [0, 0.1) is 19.8 Å². The molecular weight excluding hydrogens is 328 g/mol. The maximum Gasteiger partial charge on any atom is 0.266 e. The number of hydrogen-bond acceptors (Lipinski definition) is 5. The third kappa shape index (κ3) is 3.73. The lowest BCUT2D eigenvalue weighted by Gasteiger charge is -2.40. The fourth-order valence-electron chi connectivity index (χ4n) is 4.05. The highest BCUT2D eigenvalue weighted by Crippen LogP contribution is 2.17. The van der Waals surface area contributed by atoms with Crippen LogP contribution in [-0.2, 0) is 6.54 Å². The molecule has 2 aliphatic heterocycles. The molecule has 0 amide bonds. The van der Waals surface area contributed by atoms with Crippen LogP contribution in [0.1, 0.15) is 24.2 Å². The molecule has 2 aromatic heterocycles. The summed E-state index contributed by atoms with van der Waals surface area (Å²) in [5.74, 6) is 1.22. The average Bonchev–Trinajstić information content (AvgIpc) is 3.20. The molecule has 0 aliphatic carbocycles. The summed E-state index contributed by atoms with van der Waals surface area (Å²) >= 11 is 0. The fraction of sp³-hybridized carbons (Fsp3) is 0.632. The van der Waals surface area contributed by atoms with Crippen molar-refractivity contribution in [3.05, 3.63) is 39.9 Å². The molecule has 0 aromatic carbocycles. The van der Waals surface area contributed by atoms with Crippen molar-refractivity contribution >= 4 is 0 Å². The summed E-state index contributed by atoms with van der Waals surface area (Å²) in [5.41, 5.74) is 1.94. The number of likely N-dealkylation sites (tertiary alicyclic amines) is 2. The molecule has 4 rings (SSSR count). The van der Waals surface area contributed by atoms with Gasteiger partial charge >= 0.3 is 0 Å². The molecule has 26 heavy (non-hydrogen) atoms. The molecule has 7 nitrogen and oxygen atoms in total. The van der Waals surface area contributed by atoms with Gasteiger partial charge < -0.3 is 9.80 Å². The summed E-state index contributed by atoms with van der Waals surface area (Å²) in [6.45, 7) is 11.6. The zero-order valence-electron chi connectivity index (χ0n) is 15.8. The van der Waals surface area contributed by atoms with Gasteiger partial charge in [0.2, 0.25) is 0 Å². The van der Waals surface area contributed by atoms with Gasteiger partial charge in [-0.2, -0.15) is 5.10 Å². The van der Waals surface area contributed by atoms with Crippen molar-refractivity contribution in [1.82, 2.24) is 29.4 Å². The molecule has 2 aliphatic rings. The van der Waals surface area contributed by atoms with Crippen molar-refractivity contribution in [2.75, 3.05) is 39.3 Å². The zero-order valence-corrected chi connectivity index (χ0v) is 15.8. The first-order valence-electron chi connectivity index (χ1n) is 9.65. The first kappa shape index (κ1) is 17.4. The third-order valence-corrected chi connectivity index (χ3v) is 5.47. The molecule has 7 heteroatoms. The average molecular weight is 356 g/mol. The van der Waals surface area contributed by atoms with E-state index in [4.69, 9.17) is 0 Å². The van der Waals surface area contributed by atoms with E-state index in [1.165, 1.54) is 32.5 Å². The van der Waals surface area contributed by atoms with Gasteiger partial charge in [0.15, 0.2) is 5.82 Å². The van der Waals surface area contributed by atoms with Gasteiger partial charge in [0.05, 0.1) is 12.2 Å². The Bertz CT molecular complexity index is 814. The van der Waals surface area contributed by atoms with Gasteiger partial charge in [-0.3, -0.25) is 4.79 Å². The standard InChI is InChI=1S/C19H28N6O/c1-15-11-16(2)25(20-15)18-5-6-19(26)24(21-18)14-17-12-23(13-17)10-9-22-7-3-4-8-22/h5-6,11,17H,3-4,7-10,12-14H2,1-2H3. The summed E-state index contributed by atoms with van der Waals surface area (Å²) in [5, 5.41) is 9.02. The molecule has 0 bridgehead atoms. The van der Waals surface area contributed by atoms with Crippen LogP contribution in [0.4, 0.5) is 0 Å². The molecule has 0 radical (unpaired) electrons. The van der Waals surface area contributed by atoms with E-state index in [2.05, 4.69) is 20.0 Å². The van der Waals surface area contributed by atoms with Crippen LogP contribution in [0.3, 0.4) is 0 Å². The summed E-state index contributed by atoms with van der Waals surface area (Å²) < 4.78 is 3.41. The number of nitrogens with zero attached hydrogens (tertiary/aromatic N) is 6. The van der Waals surface area contributed by atoms with Gasteiger partial charge in [0.1, 0.15) is 0 Å². The van der Waals surface area contributed by atoms with Crippen LogP contribution in [0.2, 0.25) is 0 Å². The van der Waals surface area contributed by atoms with Crippen LogP contribution in [0.25, 0.3) is 5.82 Å². The highest BCUT2D eigenvalue weighted by molar-refractivity contribution is 5.23. The highest BCUT2D eigenvalue weighted by Gasteiger charge is 2.28. The maximum atomic E-state index is 12.2. The second-order valence-corrected chi connectivity index (χ2v) is 7.73. The summed E-state index contributed by atoms with van der Waals surface area (Å²) in [6.07, 6.45) is 2.70. The molecule has 0 atom stereocenters. The zero-order chi connectivity index (χ0) is 18.1. The van der Waals surface area contributed by atoms with E-state index >= 15 is 0 Å². The fourth-order valence-corrected chi connectivity index (χ4v) is 4.05. The van der Waals surface area contributed by atoms with Gasteiger partial charge in [-0.1, -0.05) is 0 Å². The van der Waals surface area contributed by atoms with Crippen molar-refractivity contribution in [1.29, 1.82) is 0 Å². The van der Waals surface area contributed by atoms with Gasteiger partial charge in [0, 0.05) is 43.9 Å². The lowest BCUT2D eigenvalue weighted by molar-refractivity contribution is 0.0745. The molecule has 140 valence electrons. The van der Waals surface area contributed by atoms with Gasteiger partial charge in [-0.25, -0.2) is 9.36 Å². The predicted molar refractivity (Wildman–Crippen MR) is 101 cm³/mol. The second kappa shape index (κ2) is 7.32. The van der Waals surface area contributed by atoms with Gasteiger partial charge in [-0.15, -0.1) is 5.10 Å². The van der Waals surface area contributed by atoms with Crippen molar-refractivity contribution in [3.63, 3.8) is 0 Å². The number of aromatic nitrogens is 4. The quantitative estimate of drug-likeness (QED) is 0.775. The largest absolute Gasteiger partial charge is 0.302 e. The Morgan fingerprint density at radius 1 is 1.04 bits per heavy atom. The topological polar surface area (TPSA) is 59.2 Å². The number of hydrogen-bond donors (Lipinski definition) is 0. The number of aryl methyl sites for hydroxylation is 2. The van der Waals surface area contributed by atoms with Crippen molar-refractivity contribution in [3.8, 4) is 5.82 Å². The molecule has 0 N–H and O–H groups in total. The maximum absolute atomic E-state index is 12.2. The third-order valence-electron chi connectivity index (χ3n) is 5.47. The smallest absolute Gasteiger partial charge is 0.266 e. The molecule has 0 unspecified atom stereocenters. The molecule has 2 aromatic rings. The minimum absolute atomic E-state index is 0.0363. The van der Waals surface area contributed by atoms with E-state index in [-0.39, 0.29) is 5.56 Å². The molecule has 4 heterocycles. The van der Waals surface area contributed by atoms with E-state index < -0.39 is 0 Å². The van der Waals surface area contributed by atoms with Crippen LogP contribution in [-0.4, -0.2) is 68.6 Å². The van der Waals surface area contributed by atoms with E-state index in [9.17, 15) is 4.79 Å². The molecular formula is C19H28N6O. The van der Waals surface area contributed by atoms with E-state index in [0.29, 0.717) is 18.3 Å². The van der Waals surface area contributed by atoms with Crippen molar-refractivity contribution < 1.29 is 0 Å². The van der Waals surface area contributed by atoms with Crippen LogP contribution < -0.4 is 5.56 Å². The molecule has 0 saturated carbocycles. The Hall–Kier alpha value is -1.99. The van der Waals surface area contributed by atoms with Gasteiger partial charge in [-0.05, 0) is 51.9 Å². The Labute approximate surface area is 154 Å². The number of rotatable bonds is 6. The SMILES string of the molecule is Cc1cc(C)n(-c2ccc(=O)n(CC3CN(CCN4CCCC4)C3)n2)n1. The van der Waals surface area contributed by atoms with Gasteiger partial charge in [0.25, 0.3) is 5.56 Å². The Kier molecular flexibility index (Phi) is 4.91. The summed E-state index contributed by atoms with van der Waals surface area (Å²) in [7, 11) is 0. The van der Waals surface area contributed by atoms with Crippen LogP contribution in [0.15, 0.2) is 23.0 Å². The summed E-state index contributed by atoms with van der Waals surface area (Å²) in [6, 6.07) is 5.37. The normalized spacial score (nSPS) is 19.2. The minimum atomic E-state index is -0.0363. The minimum Gasteiger partial charge on any atom is -0.302 e. The van der Waals surface area contributed by atoms with Crippen LogP contribution in [0.5, 0.6) is 0 Å². The molecule has 2 saturated heterocycles. The van der Waals surface area contributed by atoms with Crippen LogP contribution >= 0.6 is 0 Å². The molecule has 2 fully saturated rings. The van der Waals surface area contributed by atoms with Crippen molar-refractivity contribution in [2.45, 2.75) is 33.2 Å². The Morgan fingerprint density at radius 2 is 1.77 bits per heavy atom. The highest BCUT2D eigenvalue weighted by atomic mass is 16.1. The summed E-state index contributed by atoms with van der Waals surface area (Å²) in [4.78, 5) is 17.2. The van der Waals surface area contributed by atoms with Crippen molar-refractivity contribution in [2.24, 2.45) is 5.92 Å². The monoisotopic (exact) mass is 356 g/mol. The molecule has 0 spiro atoms. The first-order valence-corrected chi connectivity index (χ1v) is 9.65. The predicted octanol–water partition coefficient (Wildman–Crippen LogP) is 1.07. The van der Waals surface area contributed by atoms with E-state index in [1.54, 1.807) is 21.5 Å². The first-order chi connectivity index (χ1) is 12.6.